The maximum Gasteiger partial charge on any atom is 0.170 e. The van der Waals surface area contributed by atoms with Gasteiger partial charge in [-0.1, -0.05) is 91.9 Å². The lowest BCUT2D eigenvalue weighted by Crippen LogP contribution is -2.33. The van der Waals surface area contributed by atoms with Gasteiger partial charge in [0.15, 0.2) is 5.78 Å². The van der Waals surface area contributed by atoms with E-state index in [0.717, 1.165) is 47.9 Å². The van der Waals surface area contributed by atoms with Crippen LogP contribution in [-0.2, 0) is 35.3 Å². The molecule has 1 aliphatic rings. The van der Waals surface area contributed by atoms with Gasteiger partial charge in [-0.2, -0.15) is 0 Å². The first-order chi connectivity index (χ1) is 20.0. The summed E-state index contributed by atoms with van der Waals surface area (Å²) in [6.45, 7) is 4.53. The first-order valence-electron chi connectivity index (χ1n) is 14.7. The van der Waals surface area contributed by atoms with Gasteiger partial charge >= 0.3 is 0 Å². The molecule has 5 rings (SSSR count). The van der Waals surface area contributed by atoms with Crippen LogP contribution in [0.1, 0.15) is 76.0 Å². The Balaban J connectivity index is 1.35. The Labute approximate surface area is 243 Å². The lowest BCUT2D eigenvalue weighted by Gasteiger charge is -2.36. The number of carbonyl (C=O) groups is 1. The van der Waals surface area contributed by atoms with Crippen LogP contribution in [0.4, 0.5) is 4.39 Å². The third-order valence-electron chi connectivity index (χ3n) is 8.08. The highest BCUT2D eigenvalue weighted by Crippen LogP contribution is 2.37. The van der Waals surface area contributed by atoms with E-state index in [4.69, 9.17) is 9.47 Å². The maximum atomic E-state index is 15.2. The van der Waals surface area contributed by atoms with Gasteiger partial charge in [-0.15, -0.1) is 0 Å². The van der Waals surface area contributed by atoms with Gasteiger partial charge < -0.3 is 9.47 Å². The molecule has 0 radical (unpaired) electrons. The van der Waals surface area contributed by atoms with Crippen molar-refractivity contribution in [3.8, 4) is 0 Å². The molecule has 0 bridgehead atoms. The molecule has 4 aromatic rings. The minimum absolute atomic E-state index is 0.00425. The van der Waals surface area contributed by atoms with Gasteiger partial charge in [-0.3, -0.25) is 4.79 Å². The molecular weight excluding hydrogens is 511 g/mol. The average molecular weight is 551 g/mol. The van der Waals surface area contributed by atoms with E-state index in [1.165, 1.54) is 17.2 Å². The number of halogens is 1. The van der Waals surface area contributed by atoms with Crippen molar-refractivity contribution in [3.63, 3.8) is 0 Å². The smallest absolute Gasteiger partial charge is 0.170 e. The van der Waals surface area contributed by atoms with Gasteiger partial charge in [0.1, 0.15) is 5.82 Å². The molecule has 1 fully saturated rings. The predicted octanol–water partition coefficient (Wildman–Crippen LogP) is 8.56. The molecule has 41 heavy (non-hydrogen) atoms. The summed E-state index contributed by atoms with van der Waals surface area (Å²) >= 11 is 0. The van der Waals surface area contributed by atoms with Crippen molar-refractivity contribution in [1.82, 2.24) is 0 Å². The van der Waals surface area contributed by atoms with E-state index in [-0.39, 0.29) is 36.1 Å². The summed E-state index contributed by atoms with van der Waals surface area (Å²) in [5.41, 5.74) is 6.30. The highest BCUT2D eigenvalue weighted by atomic mass is 19.1. The molecule has 1 unspecified atom stereocenters. The second-order valence-electron chi connectivity index (χ2n) is 11.1. The van der Waals surface area contributed by atoms with Crippen LogP contribution in [0.25, 0.3) is 0 Å². The van der Waals surface area contributed by atoms with Crippen molar-refractivity contribution in [2.75, 3.05) is 0 Å². The fourth-order valence-corrected chi connectivity index (χ4v) is 5.68. The van der Waals surface area contributed by atoms with E-state index in [2.05, 4.69) is 43.3 Å². The van der Waals surface area contributed by atoms with Gasteiger partial charge in [0.25, 0.3) is 0 Å². The fourth-order valence-electron chi connectivity index (χ4n) is 5.68. The van der Waals surface area contributed by atoms with Crippen molar-refractivity contribution >= 4 is 5.78 Å². The van der Waals surface area contributed by atoms with E-state index in [0.29, 0.717) is 13.0 Å². The van der Waals surface area contributed by atoms with Crippen LogP contribution in [0, 0.1) is 12.7 Å². The molecule has 0 N–H and O–H groups in total. The molecule has 1 aliphatic heterocycles. The zero-order valence-electron chi connectivity index (χ0n) is 24.0. The minimum Gasteiger partial charge on any atom is -0.373 e. The lowest BCUT2D eigenvalue weighted by atomic mass is 9.89. The van der Waals surface area contributed by atoms with E-state index in [1.807, 2.05) is 55.5 Å². The minimum atomic E-state index is -0.477. The van der Waals surface area contributed by atoms with Gasteiger partial charge in [0.05, 0.1) is 30.5 Å². The molecule has 0 aliphatic carbocycles. The zero-order valence-corrected chi connectivity index (χ0v) is 24.0. The lowest BCUT2D eigenvalue weighted by molar-refractivity contribution is -0.123. The number of hydrogen-bond acceptors (Lipinski definition) is 3. The van der Waals surface area contributed by atoms with Crippen molar-refractivity contribution in [2.45, 2.75) is 77.3 Å². The highest BCUT2D eigenvalue weighted by molar-refractivity contribution is 5.98. The van der Waals surface area contributed by atoms with E-state index < -0.39 is 5.82 Å². The quantitative estimate of drug-likeness (QED) is 0.176. The van der Waals surface area contributed by atoms with E-state index in [1.54, 1.807) is 6.07 Å². The van der Waals surface area contributed by atoms with Crippen LogP contribution in [0.15, 0.2) is 97.1 Å². The molecule has 4 aromatic carbocycles. The van der Waals surface area contributed by atoms with Crippen LogP contribution in [0.2, 0.25) is 0 Å². The summed E-state index contributed by atoms with van der Waals surface area (Å²) in [5, 5.41) is 0. The first-order valence-corrected chi connectivity index (χ1v) is 14.7. The first kappa shape index (κ1) is 28.9. The monoisotopic (exact) mass is 550 g/mol. The van der Waals surface area contributed by atoms with E-state index in [9.17, 15) is 4.79 Å². The third kappa shape index (κ3) is 7.78. The Bertz CT molecular complexity index is 1360. The summed E-state index contributed by atoms with van der Waals surface area (Å²) in [4.78, 5) is 13.3. The molecule has 1 saturated heterocycles. The molecule has 4 heteroatoms. The molecule has 212 valence electrons. The molecule has 0 saturated carbocycles. The summed E-state index contributed by atoms with van der Waals surface area (Å²) < 4.78 is 28.2. The predicted molar refractivity (Wildman–Crippen MR) is 162 cm³/mol. The summed E-state index contributed by atoms with van der Waals surface area (Å²) in [5.74, 6) is -0.698. The zero-order chi connectivity index (χ0) is 28.6. The SMILES string of the molecule is CCc1ccc(CC(=O)c2cc(C3C[C@@H](OCc4ccccc4)C[C@@H](CCc4ccccc4)O3)c(C)cc2F)cc1. The van der Waals surface area contributed by atoms with Crippen molar-refractivity contribution < 1.29 is 18.7 Å². The Kier molecular flexibility index (Phi) is 9.76. The van der Waals surface area contributed by atoms with Gasteiger partial charge in [0.2, 0.25) is 0 Å². The van der Waals surface area contributed by atoms with Gasteiger partial charge in [-0.25, -0.2) is 4.39 Å². The standard InChI is InChI=1S/C37H39FO3/c1-3-27-14-16-29(17-15-27)21-36(39)34-24-33(26(2)20-35(34)38)37-23-32(40-25-30-12-8-5-9-13-30)22-31(41-37)19-18-28-10-6-4-7-11-28/h4-17,20,24,31-32,37H,3,18-19,21-23,25H2,1-2H3/t31-,32+,37?/m1/s1. The Morgan fingerprint density at radius 1 is 0.854 bits per heavy atom. The Hall–Kier alpha value is -3.60. The summed E-state index contributed by atoms with van der Waals surface area (Å²) in [6, 6.07) is 31.8. The van der Waals surface area contributed by atoms with Crippen molar-refractivity contribution in [3.05, 3.63) is 142 Å². The molecule has 3 nitrogen and oxygen atoms in total. The number of hydrogen-bond donors (Lipinski definition) is 0. The Morgan fingerprint density at radius 2 is 1.51 bits per heavy atom. The molecule has 0 aromatic heterocycles. The number of Topliss-reactive ketones (excluding diaryl/α,β-unsaturated/α-hetero) is 1. The number of ether oxygens (including phenoxy) is 2. The topological polar surface area (TPSA) is 35.5 Å². The second kappa shape index (κ2) is 13.8. The Morgan fingerprint density at radius 3 is 2.20 bits per heavy atom. The van der Waals surface area contributed by atoms with Crippen molar-refractivity contribution in [2.24, 2.45) is 0 Å². The molecule has 3 atom stereocenters. The second-order valence-corrected chi connectivity index (χ2v) is 11.1. The number of benzene rings is 4. The summed E-state index contributed by atoms with van der Waals surface area (Å²) in [7, 11) is 0. The third-order valence-corrected chi connectivity index (χ3v) is 8.08. The van der Waals surface area contributed by atoms with Gasteiger partial charge in [0, 0.05) is 12.8 Å². The molecular formula is C37H39FO3. The number of rotatable bonds is 11. The normalized spacial score (nSPS) is 18.8. The van der Waals surface area contributed by atoms with Crippen molar-refractivity contribution in [1.29, 1.82) is 0 Å². The largest absolute Gasteiger partial charge is 0.373 e. The fraction of sp³-hybridized carbons (Fsp3) is 0.324. The average Bonchev–Trinajstić information content (AvgIpc) is 3.00. The number of ketones is 1. The molecule has 1 heterocycles. The van der Waals surface area contributed by atoms with Crippen LogP contribution >= 0.6 is 0 Å². The highest BCUT2D eigenvalue weighted by Gasteiger charge is 2.32. The maximum absolute atomic E-state index is 15.2. The summed E-state index contributed by atoms with van der Waals surface area (Å²) in [6.07, 6.45) is 4.05. The number of carbonyl (C=O) groups excluding carboxylic acids is 1. The van der Waals surface area contributed by atoms with Crippen LogP contribution < -0.4 is 0 Å². The molecule has 0 amide bonds. The van der Waals surface area contributed by atoms with Crippen LogP contribution in [0.5, 0.6) is 0 Å². The molecule has 0 spiro atoms. The van der Waals surface area contributed by atoms with E-state index >= 15 is 4.39 Å². The van der Waals surface area contributed by atoms with Gasteiger partial charge in [-0.05, 0) is 78.1 Å². The van der Waals surface area contributed by atoms with Crippen LogP contribution in [-0.4, -0.2) is 18.0 Å². The van der Waals surface area contributed by atoms with Crippen LogP contribution in [0.3, 0.4) is 0 Å². The number of aryl methyl sites for hydroxylation is 3.